The third-order valence-corrected chi connectivity index (χ3v) is 0. The number of halogens is 1. The van der Waals surface area contributed by atoms with Crippen molar-refractivity contribution in [2.24, 2.45) is 0 Å². The second kappa shape index (κ2) is 1330. The van der Waals surface area contributed by atoms with Gasteiger partial charge in [0, 0.05) is 0 Å². The van der Waals surface area contributed by atoms with Gasteiger partial charge in [0.2, 0.25) is 0 Å². The Balaban J connectivity index is -0.00000000102. The van der Waals surface area contributed by atoms with Crippen LogP contribution in [0.3, 0.4) is 0 Å². The Bertz CT molecular complexity index is 14.8. The summed E-state index contributed by atoms with van der Waals surface area (Å²) < 4.78 is 0. The third-order valence-electron chi connectivity index (χ3n) is 0. The van der Waals surface area contributed by atoms with Crippen LogP contribution in [0, 0.1) is 0 Å². The molecule has 0 saturated heterocycles. The minimum Gasteiger partial charge on any atom is -0.269 e. The molecule has 0 radical (unpaired) electrons. The van der Waals surface area contributed by atoms with Crippen molar-refractivity contribution < 1.29 is 4.70 Å². The maximum Gasteiger partial charge on any atom is -0.0683 e. The maximum absolute atomic E-state index is 2.00. The number of rotatable bonds is 0. The molecule has 0 N–H and O–H groups in total. The van der Waals surface area contributed by atoms with E-state index in [9.17, 15) is 0 Å². The average molecular weight is 260 g/mol. The zero-order valence-electron chi connectivity index (χ0n) is 8.53. The first-order chi connectivity index (χ1) is 3.00. The lowest BCUT2D eigenvalue weighted by Gasteiger charge is -1.07. The molecule has 0 rings (SSSR count). The van der Waals surface area contributed by atoms with Crippen molar-refractivity contribution in [3.63, 3.8) is 0 Å². The average Bonchev–Trinajstić information content (AvgIpc) is 1.81. The smallest absolute Gasteiger partial charge is 0.0683 e. The highest BCUT2D eigenvalue weighted by atomic mass is 31.0. The molecule has 98 valence electrons. The van der Waals surface area contributed by atoms with Crippen LogP contribution in [0.1, 0.15) is 63.8 Å². The van der Waals surface area contributed by atoms with E-state index in [4.69, 9.17) is 0 Å². The van der Waals surface area contributed by atoms with Gasteiger partial charge in [-0.1, -0.05) is 63.8 Å². The molecule has 0 saturated carbocycles. The van der Waals surface area contributed by atoms with Crippen molar-refractivity contribution in [1.82, 2.24) is 0 Å². The molecule has 0 aromatic heterocycles. The van der Waals surface area contributed by atoms with Gasteiger partial charge in [0.25, 0.3) is 0 Å². The highest BCUT2D eigenvalue weighted by molar-refractivity contribution is 6.92. The fraction of sp³-hybridized carbons (Fsp3) is 1.00. The molecular formula is C9H40FP3. The van der Waals surface area contributed by atoms with Crippen molar-refractivity contribution in [2.45, 2.75) is 63.8 Å². The van der Waals surface area contributed by atoms with Crippen molar-refractivity contribution >= 4 is 29.7 Å². The molecule has 3 atom stereocenters. The Morgan fingerprint density at radius 3 is 0.385 bits per heavy atom. The van der Waals surface area contributed by atoms with E-state index in [1.165, 1.54) is 0 Å². The minimum atomic E-state index is 0. The first-order valence-corrected chi connectivity index (χ1v) is 3.00. The molecule has 0 aromatic rings. The van der Waals surface area contributed by atoms with E-state index in [0.717, 1.165) is 0 Å². The van der Waals surface area contributed by atoms with Crippen LogP contribution in [0.25, 0.3) is 0 Å². The molecule has 4 heteroatoms. The summed E-state index contributed by atoms with van der Waals surface area (Å²) in [5.41, 5.74) is 0. The Kier molecular flexibility index (Phi) is 14200. The molecule has 0 aliphatic rings. The zero-order valence-corrected chi connectivity index (χ0v) is 12.8. The van der Waals surface area contributed by atoms with E-state index in [2.05, 4.69) is 0 Å². The molecule has 0 bridgehead atoms. The van der Waals surface area contributed by atoms with E-state index in [1.807, 2.05) is 41.5 Å². The van der Waals surface area contributed by atoms with Gasteiger partial charge in [0.15, 0.2) is 0 Å². The molecule has 13 heavy (non-hydrogen) atoms. The predicted octanol–water partition coefficient (Wildman–Crippen LogP) is 5.31. The standard InChI is InChI=1S/3C2H6.3CH4.FH.3H3P/c3*1-2;;;;;;;/h3*1-2H3;3*1H4;1H;3*1H3. The maximum atomic E-state index is 2.00. The monoisotopic (exact) mass is 260 g/mol. The van der Waals surface area contributed by atoms with Crippen molar-refractivity contribution in [3.8, 4) is 0 Å². The molecular weight excluding hydrogens is 220 g/mol. The summed E-state index contributed by atoms with van der Waals surface area (Å²) in [6.45, 7) is 12.0. The van der Waals surface area contributed by atoms with E-state index < -0.39 is 0 Å². The molecule has 0 spiro atoms. The molecule has 0 amide bonds. The summed E-state index contributed by atoms with van der Waals surface area (Å²) in [6.07, 6.45) is 0. The second-order valence-corrected chi connectivity index (χ2v) is 0. The van der Waals surface area contributed by atoms with Crippen LogP contribution < -0.4 is 0 Å². The molecule has 0 fully saturated rings. The highest BCUT2D eigenvalue weighted by Crippen LogP contribution is 1.15. The van der Waals surface area contributed by atoms with Gasteiger partial charge in [-0.05, 0) is 0 Å². The van der Waals surface area contributed by atoms with Crippen LogP contribution >= 0.6 is 29.7 Å². The zero-order chi connectivity index (χ0) is 6.00. The van der Waals surface area contributed by atoms with Crippen molar-refractivity contribution in [2.75, 3.05) is 0 Å². The SMILES string of the molecule is C.C.C.CC.CC.CC.F.P.P.P. The van der Waals surface area contributed by atoms with Crippen LogP contribution in [0.5, 0.6) is 0 Å². The van der Waals surface area contributed by atoms with Gasteiger partial charge in [-0.3, -0.25) is 4.70 Å². The molecule has 0 aliphatic carbocycles. The lowest BCUT2D eigenvalue weighted by molar-refractivity contribution is 1.11. The van der Waals surface area contributed by atoms with Crippen LogP contribution in [-0.4, -0.2) is 0 Å². The molecule has 0 heterocycles. The minimum absolute atomic E-state index is 0. The lowest BCUT2D eigenvalue weighted by Crippen LogP contribution is -0.856. The summed E-state index contributed by atoms with van der Waals surface area (Å²) in [6, 6.07) is 0. The van der Waals surface area contributed by atoms with Gasteiger partial charge in [0.1, 0.15) is 0 Å². The number of hydrogen-bond acceptors (Lipinski definition) is 0. The van der Waals surface area contributed by atoms with Crippen LogP contribution in [0.15, 0.2) is 0 Å². The van der Waals surface area contributed by atoms with Crippen molar-refractivity contribution in [1.29, 1.82) is 0 Å². The summed E-state index contributed by atoms with van der Waals surface area (Å²) in [7, 11) is 0. The van der Waals surface area contributed by atoms with Gasteiger partial charge in [-0.25, -0.2) is 0 Å². The largest absolute Gasteiger partial charge is 0.269 e. The normalized spacial score (nSPS) is 1.38. The Labute approximate surface area is 98.7 Å². The predicted molar refractivity (Wildman–Crippen MR) is 90.1 cm³/mol. The molecule has 0 nitrogen and oxygen atoms in total. The van der Waals surface area contributed by atoms with Gasteiger partial charge in [0.05, 0.1) is 0 Å². The third kappa shape index (κ3) is 1120. The van der Waals surface area contributed by atoms with E-state index in [1.54, 1.807) is 0 Å². The molecule has 0 aromatic carbocycles. The Morgan fingerprint density at radius 2 is 0.385 bits per heavy atom. The fourth-order valence-electron chi connectivity index (χ4n) is 0. The Morgan fingerprint density at radius 1 is 0.385 bits per heavy atom. The van der Waals surface area contributed by atoms with Crippen LogP contribution in [0.4, 0.5) is 4.70 Å². The summed E-state index contributed by atoms with van der Waals surface area (Å²) in [5.74, 6) is 0. The quantitative estimate of drug-likeness (QED) is 0.517. The first-order valence-electron chi connectivity index (χ1n) is 3.00. The van der Waals surface area contributed by atoms with Gasteiger partial charge in [-0.2, -0.15) is 29.7 Å². The first kappa shape index (κ1) is 140. The van der Waals surface area contributed by atoms with E-state index in [-0.39, 0.29) is 56.7 Å². The van der Waals surface area contributed by atoms with E-state index >= 15 is 0 Å². The Hall–Kier alpha value is 1.22. The summed E-state index contributed by atoms with van der Waals surface area (Å²) in [5, 5.41) is 0. The van der Waals surface area contributed by atoms with Crippen LogP contribution in [-0.2, 0) is 0 Å². The topological polar surface area (TPSA) is 0 Å². The molecule has 3 unspecified atom stereocenters. The molecule has 0 aliphatic heterocycles. The van der Waals surface area contributed by atoms with Crippen LogP contribution in [0.2, 0.25) is 0 Å². The summed E-state index contributed by atoms with van der Waals surface area (Å²) in [4.78, 5) is 0. The van der Waals surface area contributed by atoms with Gasteiger partial charge < -0.3 is 0 Å². The fourth-order valence-corrected chi connectivity index (χ4v) is 0. The van der Waals surface area contributed by atoms with E-state index in [0.29, 0.717) is 0 Å². The highest BCUT2D eigenvalue weighted by Gasteiger charge is 0.936. The second-order valence-electron chi connectivity index (χ2n) is 0. The summed E-state index contributed by atoms with van der Waals surface area (Å²) >= 11 is 0. The van der Waals surface area contributed by atoms with Gasteiger partial charge in [-0.15, -0.1) is 0 Å². The van der Waals surface area contributed by atoms with Crippen molar-refractivity contribution in [3.05, 3.63) is 0 Å². The van der Waals surface area contributed by atoms with Gasteiger partial charge >= 0.3 is 0 Å². The lowest BCUT2D eigenvalue weighted by atomic mass is 11.0. The number of hydrogen-bond donors (Lipinski definition) is 0.